The Labute approximate surface area is 179 Å². The minimum Gasteiger partial charge on any atom is -0.338 e. The van der Waals surface area contributed by atoms with Crippen molar-refractivity contribution in [2.45, 2.75) is 13.0 Å². The van der Waals surface area contributed by atoms with Crippen molar-refractivity contribution in [3.05, 3.63) is 102 Å². The van der Waals surface area contributed by atoms with Gasteiger partial charge in [-0.05, 0) is 36.8 Å². The molecule has 0 aliphatic carbocycles. The van der Waals surface area contributed by atoms with Gasteiger partial charge in [0.25, 0.3) is 0 Å². The first-order valence-electron chi connectivity index (χ1n) is 10.3. The molecular weight excluding hydrogens is 374 g/mol. The van der Waals surface area contributed by atoms with Crippen molar-refractivity contribution in [3.63, 3.8) is 0 Å². The van der Waals surface area contributed by atoms with E-state index in [0.29, 0.717) is 6.04 Å². The van der Waals surface area contributed by atoms with Crippen LogP contribution in [0.1, 0.15) is 22.7 Å². The quantitative estimate of drug-likeness (QED) is 0.650. The van der Waals surface area contributed by atoms with E-state index < -0.39 is 0 Å². The zero-order valence-corrected chi connectivity index (χ0v) is 17.7. The Morgan fingerprint density at radius 2 is 1.45 bits per heavy atom. The van der Waals surface area contributed by atoms with E-state index in [2.05, 4.69) is 102 Å². The van der Waals surface area contributed by atoms with Gasteiger partial charge in [0.2, 0.25) is 0 Å². The second-order valence-electron chi connectivity index (χ2n) is 7.70. The predicted octanol–water partition coefficient (Wildman–Crippen LogP) is 3.68. The molecule has 1 saturated heterocycles. The van der Waals surface area contributed by atoms with Crippen molar-refractivity contribution in [3.8, 4) is 0 Å². The van der Waals surface area contributed by atoms with Crippen LogP contribution < -0.4 is 10.2 Å². The summed E-state index contributed by atoms with van der Waals surface area (Å²) in [7, 11) is 0. The number of rotatable bonds is 4. The SMILES string of the molecule is Cc1cccc(NC(=S)N2CC[NH+](C(c3ccccc3)c3ccccc3)CC2)c1. The number of piperazine rings is 1. The first-order valence-corrected chi connectivity index (χ1v) is 10.7. The van der Waals surface area contributed by atoms with Gasteiger partial charge in [0.05, 0.1) is 26.2 Å². The minimum atomic E-state index is 0.359. The zero-order chi connectivity index (χ0) is 20.1. The molecule has 29 heavy (non-hydrogen) atoms. The molecule has 1 heterocycles. The Kier molecular flexibility index (Phi) is 6.23. The predicted molar refractivity (Wildman–Crippen MR) is 124 cm³/mol. The molecule has 3 aromatic carbocycles. The maximum absolute atomic E-state index is 5.70. The van der Waals surface area contributed by atoms with E-state index in [-0.39, 0.29) is 0 Å². The van der Waals surface area contributed by atoms with Crippen LogP contribution in [0.25, 0.3) is 0 Å². The third-order valence-electron chi connectivity index (χ3n) is 5.64. The summed E-state index contributed by atoms with van der Waals surface area (Å²) in [5, 5.41) is 4.23. The maximum atomic E-state index is 5.70. The molecule has 4 heteroatoms. The molecule has 0 spiro atoms. The standard InChI is InChI=1S/C25H27N3S/c1-20-9-8-14-23(19-20)26-25(29)28-17-15-27(16-18-28)24(21-10-4-2-5-11-21)22-12-6-3-7-13-22/h2-14,19,24H,15-18H2,1H3,(H,26,29)/p+1. The second-order valence-corrected chi connectivity index (χ2v) is 8.09. The summed E-state index contributed by atoms with van der Waals surface area (Å²) in [5.41, 5.74) is 5.06. The normalized spacial score (nSPS) is 14.8. The average molecular weight is 403 g/mol. The molecule has 2 N–H and O–H groups in total. The highest BCUT2D eigenvalue weighted by Gasteiger charge is 2.30. The number of thiocarbonyl (C=S) groups is 1. The van der Waals surface area contributed by atoms with E-state index in [1.54, 1.807) is 4.90 Å². The molecule has 1 fully saturated rings. The summed E-state index contributed by atoms with van der Waals surface area (Å²) in [5.74, 6) is 0. The number of hydrogen-bond donors (Lipinski definition) is 2. The molecule has 148 valence electrons. The molecule has 0 bridgehead atoms. The molecule has 1 aliphatic heterocycles. The first kappa shape index (κ1) is 19.6. The van der Waals surface area contributed by atoms with Gasteiger partial charge in [-0.25, -0.2) is 0 Å². The van der Waals surface area contributed by atoms with E-state index in [4.69, 9.17) is 12.2 Å². The lowest BCUT2D eigenvalue weighted by Crippen LogP contribution is -3.15. The minimum absolute atomic E-state index is 0.359. The number of aryl methyl sites for hydroxylation is 1. The van der Waals surface area contributed by atoms with Gasteiger partial charge in [0.15, 0.2) is 5.11 Å². The number of anilines is 1. The van der Waals surface area contributed by atoms with Crippen LogP contribution in [-0.4, -0.2) is 36.2 Å². The van der Waals surface area contributed by atoms with Crippen LogP contribution in [0, 0.1) is 6.92 Å². The fraction of sp³-hybridized carbons (Fsp3) is 0.240. The summed E-state index contributed by atoms with van der Waals surface area (Å²) < 4.78 is 0. The topological polar surface area (TPSA) is 19.7 Å². The lowest BCUT2D eigenvalue weighted by atomic mass is 9.96. The smallest absolute Gasteiger partial charge is 0.173 e. The van der Waals surface area contributed by atoms with Crippen molar-refractivity contribution < 1.29 is 4.90 Å². The molecule has 0 saturated carbocycles. The van der Waals surface area contributed by atoms with Gasteiger partial charge in [0.1, 0.15) is 6.04 Å². The highest BCUT2D eigenvalue weighted by atomic mass is 32.1. The number of nitrogens with zero attached hydrogens (tertiary/aromatic N) is 1. The number of hydrogen-bond acceptors (Lipinski definition) is 1. The van der Waals surface area contributed by atoms with E-state index >= 15 is 0 Å². The molecule has 1 aliphatic rings. The van der Waals surface area contributed by atoms with Crippen LogP contribution in [-0.2, 0) is 0 Å². The summed E-state index contributed by atoms with van der Waals surface area (Å²) in [6.45, 7) is 6.14. The molecule has 0 unspecified atom stereocenters. The van der Waals surface area contributed by atoms with Crippen molar-refractivity contribution >= 4 is 23.0 Å². The van der Waals surface area contributed by atoms with E-state index in [1.165, 1.54) is 16.7 Å². The van der Waals surface area contributed by atoms with Gasteiger partial charge in [-0.3, -0.25) is 0 Å². The Bertz CT molecular complexity index is 895. The van der Waals surface area contributed by atoms with Gasteiger partial charge >= 0.3 is 0 Å². The Hall–Kier alpha value is -2.69. The van der Waals surface area contributed by atoms with Gasteiger partial charge in [-0.2, -0.15) is 0 Å². The van der Waals surface area contributed by atoms with Crippen molar-refractivity contribution in [2.24, 2.45) is 0 Å². The number of quaternary nitrogens is 1. The summed E-state index contributed by atoms with van der Waals surface area (Å²) in [6.07, 6.45) is 0. The molecule has 0 aromatic heterocycles. The summed E-state index contributed by atoms with van der Waals surface area (Å²) in [4.78, 5) is 3.89. The molecular formula is C25H28N3S+. The van der Waals surface area contributed by atoms with Crippen LogP contribution >= 0.6 is 12.2 Å². The van der Waals surface area contributed by atoms with Gasteiger partial charge in [-0.1, -0.05) is 72.8 Å². The van der Waals surface area contributed by atoms with Gasteiger partial charge < -0.3 is 15.1 Å². The van der Waals surface area contributed by atoms with E-state index in [9.17, 15) is 0 Å². The fourth-order valence-corrected chi connectivity index (χ4v) is 4.47. The molecule has 0 amide bonds. The van der Waals surface area contributed by atoms with E-state index in [0.717, 1.165) is 37.0 Å². The average Bonchev–Trinajstić information content (AvgIpc) is 2.76. The third-order valence-corrected chi connectivity index (χ3v) is 6.00. The summed E-state index contributed by atoms with van der Waals surface area (Å²) in [6, 6.07) is 30.5. The number of nitrogens with one attached hydrogen (secondary N) is 2. The Balaban J connectivity index is 1.45. The first-order chi connectivity index (χ1) is 14.2. The van der Waals surface area contributed by atoms with Crippen LogP contribution in [0.5, 0.6) is 0 Å². The monoisotopic (exact) mass is 402 g/mol. The Morgan fingerprint density at radius 3 is 2.00 bits per heavy atom. The molecule has 0 radical (unpaired) electrons. The molecule has 3 aromatic rings. The van der Waals surface area contributed by atoms with Gasteiger partial charge in [0, 0.05) is 16.8 Å². The fourth-order valence-electron chi connectivity index (χ4n) is 4.17. The third kappa shape index (κ3) is 4.84. The van der Waals surface area contributed by atoms with Gasteiger partial charge in [-0.15, -0.1) is 0 Å². The zero-order valence-electron chi connectivity index (χ0n) is 16.8. The van der Waals surface area contributed by atoms with Crippen molar-refractivity contribution in [1.29, 1.82) is 0 Å². The van der Waals surface area contributed by atoms with E-state index in [1.807, 2.05) is 0 Å². The maximum Gasteiger partial charge on any atom is 0.173 e. The lowest BCUT2D eigenvalue weighted by Gasteiger charge is -2.38. The molecule has 0 atom stereocenters. The Morgan fingerprint density at radius 1 is 0.862 bits per heavy atom. The highest BCUT2D eigenvalue weighted by Crippen LogP contribution is 2.19. The van der Waals surface area contributed by atoms with Crippen molar-refractivity contribution in [1.82, 2.24) is 4.90 Å². The van der Waals surface area contributed by atoms with Crippen LogP contribution in [0.3, 0.4) is 0 Å². The number of benzene rings is 3. The lowest BCUT2D eigenvalue weighted by molar-refractivity contribution is -0.929. The van der Waals surface area contributed by atoms with Crippen LogP contribution in [0.2, 0.25) is 0 Å². The highest BCUT2D eigenvalue weighted by molar-refractivity contribution is 7.80. The summed E-state index contributed by atoms with van der Waals surface area (Å²) >= 11 is 5.70. The molecule has 3 nitrogen and oxygen atoms in total. The van der Waals surface area contributed by atoms with Crippen LogP contribution in [0.15, 0.2) is 84.9 Å². The van der Waals surface area contributed by atoms with Crippen LogP contribution in [0.4, 0.5) is 5.69 Å². The largest absolute Gasteiger partial charge is 0.338 e. The molecule has 4 rings (SSSR count). The second kappa shape index (κ2) is 9.21. The van der Waals surface area contributed by atoms with Crippen molar-refractivity contribution in [2.75, 3.05) is 31.5 Å².